The van der Waals surface area contributed by atoms with Crippen molar-refractivity contribution < 1.29 is 53.4 Å². The zero-order chi connectivity index (χ0) is 32.9. The van der Waals surface area contributed by atoms with Crippen LogP contribution in [0.1, 0.15) is 37.3 Å². The first kappa shape index (κ1) is 33.3. The van der Waals surface area contributed by atoms with Gasteiger partial charge in [0, 0.05) is 29.2 Å². The van der Waals surface area contributed by atoms with E-state index in [9.17, 15) is 43.9 Å². The standard InChI is InChI=1S/C33H22F10O2/c1-2-3-12-44-23-9-6-19(7-10-23)4-5-20-8-11-25(27(35)13-20)21-14-29(37)31(30(38)15-21)33(42,43)45-24-16-22(34)17-26(28(36)18-24)32(39,40)41/h6,8-11,13-16,18-19H,2-3,7,12H2,1H3. The van der Waals surface area contributed by atoms with Gasteiger partial charge in [-0.05, 0) is 54.8 Å². The van der Waals surface area contributed by atoms with E-state index in [2.05, 4.69) is 16.6 Å². The lowest BCUT2D eigenvalue weighted by molar-refractivity contribution is -0.224. The van der Waals surface area contributed by atoms with Gasteiger partial charge in [-0.1, -0.05) is 43.1 Å². The van der Waals surface area contributed by atoms with Crippen molar-refractivity contribution in [2.45, 2.75) is 38.5 Å². The van der Waals surface area contributed by atoms with Crippen molar-refractivity contribution in [1.29, 1.82) is 0 Å². The maximum Gasteiger partial charge on any atom is 0.432 e. The summed E-state index contributed by atoms with van der Waals surface area (Å²) >= 11 is 0. The van der Waals surface area contributed by atoms with Crippen LogP contribution in [-0.2, 0) is 15.6 Å². The van der Waals surface area contributed by atoms with Gasteiger partial charge in [0.05, 0.1) is 6.61 Å². The van der Waals surface area contributed by atoms with Crippen molar-refractivity contribution in [3.05, 3.63) is 124 Å². The molecule has 0 amide bonds. The minimum absolute atomic E-state index is 0.0716. The number of hydrogen-bond acceptors (Lipinski definition) is 2. The Hall–Kier alpha value is -4.62. The number of benzene rings is 2. The molecule has 2 aromatic rings. The summed E-state index contributed by atoms with van der Waals surface area (Å²) in [6, 6.07) is 4.25. The highest BCUT2D eigenvalue weighted by atomic mass is 19.4. The van der Waals surface area contributed by atoms with Crippen molar-refractivity contribution in [3.8, 4) is 23.0 Å². The Morgan fingerprint density at radius 2 is 1.62 bits per heavy atom. The van der Waals surface area contributed by atoms with Gasteiger partial charge in [-0.15, -0.1) is 0 Å². The zero-order valence-corrected chi connectivity index (χ0v) is 23.3. The van der Waals surface area contributed by atoms with Gasteiger partial charge in [-0.3, -0.25) is 0 Å². The Balaban J connectivity index is 1.51. The molecule has 4 rings (SSSR count). The number of ether oxygens (including phenoxy) is 2. The first-order chi connectivity index (χ1) is 21.2. The first-order valence-corrected chi connectivity index (χ1v) is 13.4. The molecule has 0 fully saturated rings. The van der Waals surface area contributed by atoms with Crippen LogP contribution in [0.4, 0.5) is 43.9 Å². The van der Waals surface area contributed by atoms with E-state index in [0.717, 1.165) is 36.5 Å². The van der Waals surface area contributed by atoms with Gasteiger partial charge in [0.15, 0.2) is 5.83 Å². The molecule has 2 aliphatic rings. The van der Waals surface area contributed by atoms with Crippen LogP contribution in [0.25, 0.3) is 11.1 Å². The molecule has 2 aliphatic carbocycles. The highest BCUT2D eigenvalue weighted by Crippen LogP contribution is 2.40. The van der Waals surface area contributed by atoms with Gasteiger partial charge < -0.3 is 9.47 Å². The molecule has 0 aliphatic heterocycles. The number of alkyl halides is 5. The maximum absolute atomic E-state index is 14.9. The van der Waals surface area contributed by atoms with Crippen LogP contribution >= 0.6 is 0 Å². The van der Waals surface area contributed by atoms with Crippen LogP contribution in [0.15, 0.2) is 95.2 Å². The normalized spacial score (nSPS) is 16.8. The third-order valence-electron chi connectivity index (χ3n) is 6.40. The molecule has 1 atom stereocenters. The van der Waals surface area contributed by atoms with E-state index in [1.165, 1.54) is 6.07 Å². The lowest BCUT2D eigenvalue weighted by Crippen LogP contribution is -2.21. The predicted molar refractivity (Wildman–Crippen MR) is 145 cm³/mol. The number of hydrogen-bond donors (Lipinski definition) is 0. The second-order valence-corrected chi connectivity index (χ2v) is 9.79. The molecule has 0 radical (unpaired) electrons. The Kier molecular flexibility index (Phi) is 10.0. The lowest BCUT2D eigenvalue weighted by Gasteiger charge is -2.20. The second kappa shape index (κ2) is 13.6. The molecule has 2 nitrogen and oxygen atoms in total. The molecule has 1 unspecified atom stereocenters. The highest BCUT2D eigenvalue weighted by molar-refractivity contribution is 5.66. The molecule has 0 heterocycles. The fraction of sp³-hybridized carbons (Fsp3) is 0.242. The fourth-order valence-electron chi connectivity index (χ4n) is 4.20. The van der Waals surface area contributed by atoms with E-state index in [1.54, 1.807) is 6.08 Å². The molecular formula is C33H22F10O2. The molecule has 0 spiro atoms. The Bertz CT molecular complexity index is 1700. The molecule has 12 heteroatoms. The monoisotopic (exact) mass is 640 g/mol. The summed E-state index contributed by atoms with van der Waals surface area (Å²) in [5.74, 6) is -4.18. The summed E-state index contributed by atoms with van der Waals surface area (Å²) in [6.07, 6.45) is -2.69. The topological polar surface area (TPSA) is 18.5 Å². The SMILES string of the molecule is CCCCOC1=CCC(C#Cc2ccc(-c3cc(F)c(C(F)(F)OC4=CC(F)=C=C(C(F)(F)F)C(F)=C4)c(F)c3)c(F)c2)C=C1. The van der Waals surface area contributed by atoms with Gasteiger partial charge in [0.2, 0.25) is 0 Å². The van der Waals surface area contributed by atoms with E-state index in [-0.39, 0.29) is 29.2 Å². The average Bonchev–Trinajstić information content (AvgIpc) is 3.08. The molecule has 0 bridgehead atoms. The fourth-order valence-corrected chi connectivity index (χ4v) is 4.20. The van der Waals surface area contributed by atoms with Crippen molar-refractivity contribution in [1.82, 2.24) is 0 Å². The molecule has 0 saturated heterocycles. The number of unbranched alkanes of at least 4 members (excludes halogenated alkanes) is 1. The van der Waals surface area contributed by atoms with Gasteiger partial charge in [-0.2, -0.15) is 26.3 Å². The summed E-state index contributed by atoms with van der Waals surface area (Å²) in [5.41, 5.74) is -3.88. The van der Waals surface area contributed by atoms with Crippen LogP contribution in [0.3, 0.4) is 0 Å². The molecule has 236 valence electrons. The Morgan fingerprint density at radius 1 is 0.911 bits per heavy atom. The van der Waals surface area contributed by atoms with Crippen LogP contribution in [0.5, 0.6) is 0 Å². The predicted octanol–water partition coefficient (Wildman–Crippen LogP) is 10.2. The summed E-state index contributed by atoms with van der Waals surface area (Å²) in [6.45, 7) is 2.65. The Morgan fingerprint density at radius 3 is 2.22 bits per heavy atom. The van der Waals surface area contributed by atoms with Gasteiger partial charge in [0.1, 0.15) is 45.9 Å². The molecule has 45 heavy (non-hydrogen) atoms. The molecule has 0 aromatic heterocycles. The van der Waals surface area contributed by atoms with E-state index in [4.69, 9.17) is 4.74 Å². The Labute approximate surface area is 251 Å². The van der Waals surface area contributed by atoms with Crippen molar-refractivity contribution >= 4 is 0 Å². The smallest absolute Gasteiger partial charge is 0.432 e. The van der Waals surface area contributed by atoms with Gasteiger partial charge in [-0.25, -0.2) is 17.6 Å². The highest BCUT2D eigenvalue weighted by Gasteiger charge is 2.43. The summed E-state index contributed by atoms with van der Waals surface area (Å²) in [4.78, 5) is 0. The third kappa shape index (κ3) is 8.31. The van der Waals surface area contributed by atoms with Crippen LogP contribution < -0.4 is 0 Å². The number of allylic oxidation sites excluding steroid dienone is 7. The average molecular weight is 641 g/mol. The first-order valence-electron chi connectivity index (χ1n) is 13.4. The second-order valence-electron chi connectivity index (χ2n) is 9.79. The van der Waals surface area contributed by atoms with E-state index < -0.39 is 63.8 Å². The van der Waals surface area contributed by atoms with Gasteiger partial charge >= 0.3 is 12.3 Å². The van der Waals surface area contributed by atoms with Crippen LogP contribution in [0, 0.1) is 35.2 Å². The van der Waals surface area contributed by atoms with E-state index in [1.807, 2.05) is 19.1 Å². The van der Waals surface area contributed by atoms with Crippen molar-refractivity contribution in [3.63, 3.8) is 0 Å². The molecule has 0 saturated carbocycles. The van der Waals surface area contributed by atoms with Crippen molar-refractivity contribution in [2.75, 3.05) is 6.61 Å². The zero-order valence-electron chi connectivity index (χ0n) is 23.3. The molecule has 2 aromatic carbocycles. The third-order valence-corrected chi connectivity index (χ3v) is 6.40. The number of halogens is 10. The molecular weight excluding hydrogens is 618 g/mol. The van der Waals surface area contributed by atoms with Crippen LogP contribution in [-0.4, -0.2) is 12.8 Å². The van der Waals surface area contributed by atoms with Crippen molar-refractivity contribution in [2.24, 2.45) is 5.92 Å². The van der Waals surface area contributed by atoms with E-state index in [0.29, 0.717) is 25.2 Å². The van der Waals surface area contributed by atoms with Gasteiger partial charge in [0.25, 0.3) is 0 Å². The minimum atomic E-state index is -5.43. The molecule has 0 N–H and O–H groups in total. The van der Waals surface area contributed by atoms with E-state index >= 15 is 0 Å². The maximum atomic E-state index is 14.9. The summed E-state index contributed by atoms with van der Waals surface area (Å²) < 4.78 is 150. The quantitative estimate of drug-likeness (QED) is 0.124. The van der Waals surface area contributed by atoms with Crippen LogP contribution in [0.2, 0.25) is 0 Å². The largest absolute Gasteiger partial charge is 0.494 e. The summed E-state index contributed by atoms with van der Waals surface area (Å²) in [5, 5.41) is 0. The summed E-state index contributed by atoms with van der Waals surface area (Å²) in [7, 11) is 0. The number of rotatable bonds is 8. The minimum Gasteiger partial charge on any atom is -0.494 e. The lowest BCUT2D eigenvalue weighted by atomic mass is 9.98.